The Morgan fingerprint density at radius 2 is 1.79 bits per heavy atom. The van der Waals surface area contributed by atoms with Crippen molar-refractivity contribution in [2.75, 3.05) is 7.11 Å². The molecule has 0 aromatic heterocycles. The second-order valence-corrected chi connectivity index (χ2v) is 2.61. The van der Waals surface area contributed by atoms with Crippen molar-refractivity contribution in [2.24, 2.45) is 5.84 Å². The first-order valence-electron chi connectivity index (χ1n) is 4.01. The smallest absolute Gasteiger partial charge is 0.269 e. The van der Waals surface area contributed by atoms with Gasteiger partial charge in [0.05, 0.1) is 7.11 Å². The molecule has 2 N–H and O–H groups in total. The number of rotatable bonds is 3. The molecular weight excluding hydrogens is 184 g/mol. The van der Waals surface area contributed by atoms with Gasteiger partial charge in [-0.05, 0) is 24.3 Å². The maximum Gasteiger partial charge on any atom is 0.269 e. The third-order valence-corrected chi connectivity index (χ3v) is 1.57. The predicted octanol–water partition coefficient (Wildman–Crippen LogP) is 0.711. The number of nitrogens with zero attached hydrogens (tertiary/aromatic N) is 1. The number of hydroxylamine groups is 1. The molecule has 0 atom stereocenters. The molecule has 0 fully saturated rings. The second-order valence-electron chi connectivity index (χ2n) is 2.61. The lowest BCUT2D eigenvalue weighted by atomic mass is 10.3. The van der Waals surface area contributed by atoms with Gasteiger partial charge in [-0.25, -0.2) is 5.84 Å². The lowest BCUT2D eigenvalue weighted by Crippen LogP contribution is -2.38. The van der Waals surface area contributed by atoms with Gasteiger partial charge in [-0.3, -0.25) is 4.79 Å². The maximum absolute atomic E-state index is 10.7. The molecule has 1 aromatic rings. The monoisotopic (exact) mass is 196 g/mol. The lowest BCUT2D eigenvalue weighted by Gasteiger charge is -2.14. The number of methoxy groups -OCH3 is 1. The van der Waals surface area contributed by atoms with E-state index >= 15 is 0 Å². The van der Waals surface area contributed by atoms with Gasteiger partial charge in [0.1, 0.15) is 5.75 Å². The average molecular weight is 196 g/mol. The number of hydrogen-bond acceptors (Lipinski definition) is 4. The topological polar surface area (TPSA) is 64.8 Å². The van der Waals surface area contributed by atoms with Crippen LogP contribution in [0.5, 0.6) is 11.5 Å². The molecule has 0 aliphatic rings. The summed E-state index contributed by atoms with van der Waals surface area (Å²) in [5, 5.41) is 0.668. The highest BCUT2D eigenvalue weighted by Gasteiger charge is 2.04. The standard InChI is InChI=1S/C9H12N2O3/c1-7(12)11(10)14-9-5-3-8(13-2)4-6-9/h3-6H,10H2,1-2H3. The molecule has 76 valence electrons. The van der Waals surface area contributed by atoms with E-state index in [1.807, 2.05) is 0 Å². The molecule has 5 heteroatoms. The number of amides is 1. The molecule has 0 spiro atoms. The molecule has 0 radical (unpaired) electrons. The quantitative estimate of drug-likeness (QED) is 0.439. The largest absolute Gasteiger partial charge is 0.497 e. The third kappa shape index (κ3) is 2.63. The Morgan fingerprint density at radius 3 is 2.21 bits per heavy atom. The highest BCUT2D eigenvalue weighted by Crippen LogP contribution is 2.17. The number of benzene rings is 1. The Balaban J connectivity index is 2.64. The molecular formula is C9H12N2O3. The van der Waals surface area contributed by atoms with E-state index in [1.54, 1.807) is 31.4 Å². The minimum atomic E-state index is -0.374. The van der Waals surface area contributed by atoms with Crippen LogP contribution >= 0.6 is 0 Å². The molecule has 0 aliphatic carbocycles. The number of carbonyl (C=O) groups is 1. The molecule has 0 saturated carbocycles. The minimum Gasteiger partial charge on any atom is -0.497 e. The molecule has 14 heavy (non-hydrogen) atoms. The third-order valence-electron chi connectivity index (χ3n) is 1.57. The SMILES string of the molecule is COc1ccc(ON(N)C(C)=O)cc1. The number of hydrazine groups is 1. The van der Waals surface area contributed by atoms with E-state index in [9.17, 15) is 4.79 Å². The van der Waals surface area contributed by atoms with Crippen LogP contribution in [0.25, 0.3) is 0 Å². The molecule has 1 amide bonds. The van der Waals surface area contributed by atoms with Crippen molar-refractivity contribution in [3.63, 3.8) is 0 Å². The highest BCUT2D eigenvalue weighted by atomic mass is 16.7. The van der Waals surface area contributed by atoms with Gasteiger partial charge in [0.2, 0.25) is 0 Å². The lowest BCUT2D eigenvalue weighted by molar-refractivity contribution is -0.155. The fraction of sp³-hybridized carbons (Fsp3) is 0.222. The summed E-state index contributed by atoms with van der Waals surface area (Å²) in [6, 6.07) is 6.73. The Labute approximate surface area is 81.9 Å². The molecule has 0 unspecified atom stereocenters. The Kier molecular flexibility index (Phi) is 3.30. The number of nitrogens with two attached hydrogens (primary N) is 1. The summed E-state index contributed by atoms with van der Waals surface area (Å²) in [5.74, 6) is 6.06. The van der Waals surface area contributed by atoms with E-state index in [4.69, 9.17) is 15.4 Å². The van der Waals surface area contributed by atoms with Crippen LogP contribution in [0, 0.1) is 0 Å². The van der Waals surface area contributed by atoms with Crippen molar-refractivity contribution in [3.05, 3.63) is 24.3 Å². The number of ether oxygens (including phenoxy) is 1. The summed E-state index contributed by atoms with van der Waals surface area (Å²) in [5.41, 5.74) is 0. The Morgan fingerprint density at radius 1 is 1.29 bits per heavy atom. The van der Waals surface area contributed by atoms with Gasteiger partial charge in [0, 0.05) is 6.92 Å². The first kappa shape index (κ1) is 10.3. The van der Waals surface area contributed by atoms with E-state index in [0.29, 0.717) is 16.7 Å². The van der Waals surface area contributed by atoms with E-state index in [0.717, 1.165) is 0 Å². The zero-order chi connectivity index (χ0) is 10.6. The molecule has 0 saturated heterocycles. The molecule has 0 heterocycles. The summed E-state index contributed by atoms with van der Waals surface area (Å²) in [4.78, 5) is 15.7. The van der Waals surface area contributed by atoms with Crippen LogP contribution in [-0.2, 0) is 4.79 Å². The van der Waals surface area contributed by atoms with Gasteiger partial charge in [0.25, 0.3) is 5.91 Å². The Bertz CT molecular complexity index is 310. The average Bonchev–Trinajstić information content (AvgIpc) is 2.19. The molecule has 0 bridgehead atoms. The van der Waals surface area contributed by atoms with Gasteiger partial charge >= 0.3 is 0 Å². The van der Waals surface area contributed by atoms with E-state index in [2.05, 4.69) is 0 Å². The van der Waals surface area contributed by atoms with Gasteiger partial charge in [-0.1, -0.05) is 0 Å². The summed E-state index contributed by atoms with van der Waals surface area (Å²) in [7, 11) is 1.57. The molecule has 1 rings (SSSR count). The van der Waals surface area contributed by atoms with Crippen LogP contribution < -0.4 is 15.4 Å². The fourth-order valence-corrected chi connectivity index (χ4v) is 0.814. The van der Waals surface area contributed by atoms with Gasteiger partial charge in [0.15, 0.2) is 5.75 Å². The van der Waals surface area contributed by atoms with Crippen LogP contribution in [0.15, 0.2) is 24.3 Å². The zero-order valence-electron chi connectivity index (χ0n) is 8.06. The number of carbonyl (C=O) groups excluding carboxylic acids is 1. The van der Waals surface area contributed by atoms with Crippen LogP contribution in [0.1, 0.15) is 6.92 Å². The normalized spacial score (nSPS) is 9.36. The summed E-state index contributed by atoms with van der Waals surface area (Å²) in [6.45, 7) is 1.31. The molecule has 0 aliphatic heterocycles. The highest BCUT2D eigenvalue weighted by molar-refractivity contribution is 5.71. The minimum absolute atomic E-state index is 0.374. The summed E-state index contributed by atoms with van der Waals surface area (Å²) >= 11 is 0. The first-order valence-corrected chi connectivity index (χ1v) is 4.01. The molecule has 1 aromatic carbocycles. The van der Waals surface area contributed by atoms with Crippen molar-refractivity contribution in [1.29, 1.82) is 0 Å². The van der Waals surface area contributed by atoms with Gasteiger partial charge in [-0.15, -0.1) is 5.17 Å². The van der Waals surface area contributed by atoms with Crippen molar-refractivity contribution in [1.82, 2.24) is 5.17 Å². The summed E-state index contributed by atoms with van der Waals surface area (Å²) < 4.78 is 4.95. The van der Waals surface area contributed by atoms with E-state index < -0.39 is 0 Å². The van der Waals surface area contributed by atoms with Crippen LogP contribution in [0.4, 0.5) is 0 Å². The van der Waals surface area contributed by atoms with Gasteiger partial charge in [-0.2, -0.15) is 0 Å². The van der Waals surface area contributed by atoms with Crippen molar-refractivity contribution in [2.45, 2.75) is 6.92 Å². The maximum atomic E-state index is 10.7. The number of hydrogen-bond donors (Lipinski definition) is 1. The van der Waals surface area contributed by atoms with Crippen LogP contribution in [-0.4, -0.2) is 18.2 Å². The van der Waals surface area contributed by atoms with Gasteiger partial charge < -0.3 is 9.57 Å². The summed E-state index contributed by atoms with van der Waals surface area (Å²) in [6.07, 6.45) is 0. The van der Waals surface area contributed by atoms with Crippen molar-refractivity contribution >= 4 is 5.91 Å². The second kappa shape index (κ2) is 4.48. The van der Waals surface area contributed by atoms with Crippen LogP contribution in [0.3, 0.4) is 0 Å². The molecule has 5 nitrogen and oxygen atoms in total. The predicted molar refractivity (Wildman–Crippen MR) is 50.3 cm³/mol. The zero-order valence-corrected chi connectivity index (χ0v) is 8.06. The van der Waals surface area contributed by atoms with Crippen molar-refractivity contribution < 1.29 is 14.4 Å². The van der Waals surface area contributed by atoms with E-state index in [-0.39, 0.29) is 5.91 Å². The van der Waals surface area contributed by atoms with Crippen molar-refractivity contribution in [3.8, 4) is 11.5 Å². The van der Waals surface area contributed by atoms with E-state index in [1.165, 1.54) is 6.92 Å². The fourth-order valence-electron chi connectivity index (χ4n) is 0.814. The Hall–Kier alpha value is -1.75. The first-order chi connectivity index (χ1) is 6.63. The van der Waals surface area contributed by atoms with Crippen LogP contribution in [0.2, 0.25) is 0 Å².